The molecule has 3 N–H and O–H groups in total. The van der Waals surface area contributed by atoms with Crippen molar-refractivity contribution in [1.29, 1.82) is 0 Å². The molecular weight excluding hydrogens is 254 g/mol. The summed E-state index contributed by atoms with van der Waals surface area (Å²) >= 11 is 5.86. The summed E-state index contributed by atoms with van der Waals surface area (Å²) in [6.07, 6.45) is 0. The second kappa shape index (κ2) is 6.26. The van der Waals surface area contributed by atoms with Gasteiger partial charge in [0.25, 0.3) is 5.91 Å². The van der Waals surface area contributed by atoms with E-state index in [0.717, 1.165) is 0 Å². The van der Waals surface area contributed by atoms with E-state index in [9.17, 15) is 9.59 Å². The van der Waals surface area contributed by atoms with E-state index in [1.165, 1.54) is 7.05 Å². The van der Waals surface area contributed by atoms with Crippen LogP contribution in [-0.4, -0.2) is 32.0 Å². The van der Waals surface area contributed by atoms with Gasteiger partial charge in [0, 0.05) is 24.8 Å². The highest BCUT2D eigenvalue weighted by atomic mass is 35.5. The molecule has 1 rings (SSSR count). The maximum Gasteiger partial charge on any atom is 0.254 e. The van der Waals surface area contributed by atoms with Crippen molar-refractivity contribution in [3.63, 3.8) is 0 Å². The third-order valence-electron chi connectivity index (χ3n) is 2.48. The minimum absolute atomic E-state index is 0.253. The number of hydrogen-bond donors (Lipinski definition) is 3. The molecule has 1 atom stereocenters. The van der Waals surface area contributed by atoms with Crippen molar-refractivity contribution >= 4 is 29.1 Å². The van der Waals surface area contributed by atoms with E-state index in [2.05, 4.69) is 16.0 Å². The molecule has 0 bridgehead atoms. The molecule has 0 spiro atoms. The summed E-state index contributed by atoms with van der Waals surface area (Å²) in [5.74, 6) is -0.602. The molecule has 2 amide bonds. The Morgan fingerprint density at radius 3 is 2.50 bits per heavy atom. The van der Waals surface area contributed by atoms with Crippen molar-refractivity contribution in [2.45, 2.75) is 13.0 Å². The largest absolute Gasteiger partial charge is 0.387 e. The molecule has 0 fully saturated rings. The van der Waals surface area contributed by atoms with Gasteiger partial charge < -0.3 is 16.0 Å². The first-order valence-corrected chi connectivity index (χ1v) is 5.87. The van der Waals surface area contributed by atoms with E-state index < -0.39 is 6.04 Å². The molecule has 5 nitrogen and oxygen atoms in total. The first-order valence-electron chi connectivity index (χ1n) is 5.49. The highest BCUT2D eigenvalue weighted by Crippen LogP contribution is 2.20. The van der Waals surface area contributed by atoms with Gasteiger partial charge in [-0.15, -0.1) is 0 Å². The number of carbonyl (C=O) groups excluding carboxylic acids is 2. The van der Waals surface area contributed by atoms with Gasteiger partial charge in [0.05, 0.1) is 5.56 Å². The van der Waals surface area contributed by atoms with Gasteiger partial charge in [0.2, 0.25) is 5.91 Å². The summed E-state index contributed by atoms with van der Waals surface area (Å²) in [7, 11) is 3.23. The molecule has 1 aromatic rings. The Hall–Kier alpha value is -1.75. The predicted octanol–water partition coefficient (Wildman–Crippen LogP) is 1.25. The maximum atomic E-state index is 12.0. The van der Waals surface area contributed by atoms with Crippen LogP contribution in [0, 0.1) is 0 Å². The third-order valence-corrected chi connectivity index (χ3v) is 2.72. The van der Waals surface area contributed by atoms with E-state index in [1.54, 1.807) is 32.2 Å². The Labute approximate surface area is 111 Å². The number of halogens is 1. The van der Waals surface area contributed by atoms with Crippen molar-refractivity contribution in [3.05, 3.63) is 28.8 Å². The minimum Gasteiger partial charge on any atom is -0.387 e. The predicted molar refractivity (Wildman–Crippen MR) is 72.0 cm³/mol. The second-order valence-electron chi connectivity index (χ2n) is 3.75. The average molecular weight is 270 g/mol. The molecule has 6 heteroatoms. The fourth-order valence-electron chi connectivity index (χ4n) is 1.48. The Morgan fingerprint density at radius 1 is 1.28 bits per heavy atom. The third kappa shape index (κ3) is 3.37. The molecule has 0 aliphatic carbocycles. The monoisotopic (exact) mass is 269 g/mol. The fraction of sp³-hybridized carbons (Fsp3) is 0.333. The zero-order valence-corrected chi connectivity index (χ0v) is 11.3. The van der Waals surface area contributed by atoms with Crippen LogP contribution >= 0.6 is 11.6 Å². The van der Waals surface area contributed by atoms with Crippen LogP contribution in [0.3, 0.4) is 0 Å². The summed E-state index contributed by atoms with van der Waals surface area (Å²) < 4.78 is 0. The molecule has 0 heterocycles. The normalized spacial score (nSPS) is 11.6. The molecule has 0 aromatic heterocycles. The van der Waals surface area contributed by atoms with E-state index in [1.807, 2.05) is 0 Å². The fourth-order valence-corrected chi connectivity index (χ4v) is 1.65. The summed E-state index contributed by atoms with van der Waals surface area (Å²) in [4.78, 5) is 23.4. The van der Waals surface area contributed by atoms with Gasteiger partial charge in [0.15, 0.2) is 0 Å². The molecule has 1 aromatic carbocycles. The SMILES string of the molecule is CNC(=O)C(C)NC(=O)c1cc(Cl)ccc1NC. The average Bonchev–Trinajstić information content (AvgIpc) is 2.37. The second-order valence-corrected chi connectivity index (χ2v) is 4.19. The number of carbonyl (C=O) groups is 2. The van der Waals surface area contributed by atoms with Crippen LogP contribution in [0.4, 0.5) is 5.69 Å². The van der Waals surface area contributed by atoms with Crippen molar-refractivity contribution in [2.24, 2.45) is 0 Å². The topological polar surface area (TPSA) is 70.2 Å². The van der Waals surface area contributed by atoms with Crippen LogP contribution in [0.2, 0.25) is 5.02 Å². The van der Waals surface area contributed by atoms with Crippen LogP contribution in [0.5, 0.6) is 0 Å². The lowest BCUT2D eigenvalue weighted by Crippen LogP contribution is -2.43. The van der Waals surface area contributed by atoms with E-state index in [0.29, 0.717) is 16.3 Å². The molecule has 0 radical (unpaired) electrons. The smallest absolute Gasteiger partial charge is 0.254 e. The number of rotatable bonds is 4. The van der Waals surface area contributed by atoms with Gasteiger partial charge in [0.1, 0.15) is 6.04 Å². The van der Waals surface area contributed by atoms with Gasteiger partial charge in [-0.3, -0.25) is 9.59 Å². The number of nitrogens with one attached hydrogen (secondary N) is 3. The number of amides is 2. The number of likely N-dealkylation sites (N-methyl/N-ethyl adjacent to an activating group) is 1. The van der Waals surface area contributed by atoms with Crippen LogP contribution in [-0.2, 0) is 4.79 Å². The molecule has 0 aliphatic heterocycles. The van der Waals surface area contributed by atoms with Gasteiger partial charge in [-0.2, -0.15) is 0 Å². The van der Waals surface area contributed by atoms with Crippen molar-refractivity contribution in [1.82, 2.24) is 10.6 Å². The first kappa shape index (κ1) is 14.3. The molecule has 18 heavy (non-hydrogen) atoms. The van der Waals surface area contributed by atoms with Crippen molar-refractivity contribution < 1.29 is 9.59 Å². The van der Waals surface area contributed by atoms with Gasteiger partial charge in [-0.05, 0) is 25.1 Å². The highest BCUT2D eigenvalue weighted by Gasteiger charge is 2.17. The Morgan fingerprint density at radius 2 is 1.94 bits per heavy atom. The van der Waals surface area contributed by atoms with Gasteiger partial charge >= 0.3 is 0 Å². The highest BCUT2D eigenvalue weighted by molar-refractivity contribution is 6.31. The lowest BCUT2D eigenvalue weighted by atomic mass is 10.1. The number of hydrogen-bond acceptors (Lipinski definition) is 3. The minimum atomic E-state index is -0.605. The Kier molecular flexibility index (Phi) is 4.97. The zero-order chi connectivity index (χ0) is 13.7. The molecule has 0 saturated heterocycles. The van der Waals surface area contributed by atoms with E-state index in [-0.39, 0.29) is 11.8 Å². The molecule has 0 saturated carbocycles. The summed E-state index contributed by atoms with van der Waals surface area (Å²) in [5.41, 5.74) is 1.06. The Bertz CT molecular complexity index is 463. The molecule has 0 aliphatic rings. The summed E-state index contributed by atoms with van der Waals surface area (Å²) in [6, 6.07) is 4.35. The quantitative estimate of drug-likeness (QED) is 0.770. The first-order chi connectivity index (χ1) is 8.49. The molecular formula is C12H16ClN3O2. The van der Waals surface area contributed by atoms with Crippen molar-refractivity contribution in [3.8, 4) is 0 Å². The molecule has 1 unspecified atom stereocenters. The van der Waals surface area contributed by atoms with E-state index in [4.69, 9.17) is 11.6 Å². The van der Waals surface area contributed by atoms with Crippen molar-refractivity contribution in [2.75, 3.05) is 19.4 Å². The zero-order valence-electron chi connectivity index (χ0n) is 10.5. The maximum absolute atomic E-state index is 12.0. The van der Waals surface area contributed by atoms with Crippen LogP contribution in [0.25, 0.3) is 0 Å². The van der Waals surface area contributed by atoms with Crippen LogP contribution in [0.1, 0.15) is 17.3 Å². The lowest BCUT2D eigenvalue weighted by molar-refractivity contribution is -0.122. The van der Waals surface area contributed by atoms with Crippen LogP contribution in [0.15, 0.2) is 18.2 Å². The summed E-state index contributed by atoms with van der Waals surface area (Å²) in [5, 5.41) is 8.43. The molecule has 98 valence electrons. The van der Waals surface area contributed by atoms with E-state index >= 15 is 0 Å². The Balaban J connectivity index is 2.90. The number of benzene rings is 1. The lowest BCUT2D eigenvalue weighted by Gasteiger charge is -2.14. The van der Waals surface area contributed by atoms with Gasteiger partial charge in [-0.25, -0.2) is 0 Å². The van der Waals surface area contributed by atoms with Crippen LogP contribution < -0.4 is 16.0 Å². The standard InChI is InChI=1S/C12H16ClN3O2/c1-7(11(17)15-3)16-12(18)9-6-8(13)4-5-10(9)14-2/h4-7,14H,1-3H3,(H,15,17)(H,16,18). The summed E-state index contributed by atoms with van der Waals surface area (Å²) in [6.45, 7) is 1.61. The number of anilines is 1. The van der Waals surface area contributed by atoms with Gasteiger partial charge in [-0.1, -0.05) is 11.6 Å².